The van der Waals surface area contributed by atoms with Crippen LogP contribution in [-0.2, 0) is 24.8 Å². The standard InChI is InChI=1S/C20H27N3O6S2/c1-20(2,3)23-31(27,28)18-9-5-15(6-10-18)22-19(24)13-14-21-30(25,26)17-11-7-16(29-4)8-12-17/h5-12,21,23H,13-14H2,1-4H3,(H,22,24). The molecule has 9 nitrogen and oxygen atoms in total. The zero-order valence-corrected chi connectivity index (χ0v) is 19.4. The molecule has 2 rings (SSSR count). The van der Waals surface area contributed by atoms with Crippen LogP contribution in [-0.4, -0.2) is 41.9 Å². The Kier molecular flexibility index (Phi) is 7.82. The third-order valence-electron chi connectivity index (χ3n) is 3.90. The molecule has 3 N–H and O–H groups in total. The van der Waals surface area contributed by atoms with Crippen LogP contribution in [0, 0.1) is 0 Å². The van der Waals surface area contributed by atoms with Crippen molar-refractivity contribution in [2.24, 2.45) is 0 Å². The zero-order chi connectivity index (χ0) is 23.3. The number of anilines is 1. The van der Waals surface area contributed by atoms with Gasteiger partial charge in [0.05, 0.1) is 16.9 Å². The molecule has 0 unspecified atom stereocenters. The van der Waals surface area contributed by atoms with Gasteiger partial charge in [0, 0.05) is 24.2 Å². The molecular weight excluding hydrogens is 442 g/mol. The summed E-state index contributed by atoms with van der Waals surface area (Å²) in [4.78, 5) is 12.2. The predicted molar refractivity (Wildman–Crippen MR) is 118 cm³/mol. The van der Waals surface area contributed by atoms with Crippen LogP contribution in [0.25, 0.3) is 0 Å². The van der Waals surface area contributed by atoms with Gasteiger partial charge in [-0.3, -0.25) is 4.79 Å². The minimum atomic E-state index is -3.75. The van der Waals surface area contributed by atoms with Gasteiger partial charge >= 0.3 is 0 Å². The number of nitrogens with one attached hydrogen (secondary N) is 3. The first-order valence-corrected chi connectivity index (χ1v) is 12.4. The van der Waals surface area contributed by atoms with Gasteiger partial charge < -0.3 is 10.1 Å². The molecule has 11 heteroatoms. The summed E-state index contributed by atoms with van der Waals surface area (Å²) in [7, 11) is -5.94. The van der Waals surface area contributed by atoms with Gasteiger partial charge in [0.15, 0.2) is 0 Å². The van der Waals surface area contributed by atoms with Crippen molar-refractivity contribution in [2.75, 3.05) is 19.0 Å². The molecule has 0 aliphatic heterocycles. The maximum atomic E-state index is 12.3. The number of carbonyl (C=O) groups is 1. The minimum absolute atomic E-state index is 0.0642. The number of amides is 1. The fourth-order valence-electron chi connectivity index (χ4n) is 2.54. The Labute approximate surface area is 183 Å². The minimum Gasteiger partial charge on any atom is -0.497 e. The third kappa shape index (κ3) is 7.62. The number of hydrogen-bond donors (Lipinski definition) is 3. The van der Waals surface area contributed by atoms with E-state index in [2.05, 4.69) is 14.8 Å². The van der Waals surface area contributed by atoms with Crippen LogP contribution in [0.2, 0.25) is 0 Å². The second-order valence-electron chi connectivity index (χ2n) is 7.75. The van der Waals surface area contributed by atoms with Crippen LogP contribution in [0.15, 0.2) is 58.3 Å². The van der Waals surface area contributed by atoms with E-state index in [0.29, 0.717) is 11.4 Å². The highest BCUT2D eigenvalue weighted by Gasteiger charge is 2.22. The summed E-state index contributed by atoms with van der Waals surface area (Å²) in [6.45, 7) is 5.12. The Balaban J connectivity index is 1.90. The van der Waals surface area contributed by atoms with Gasteiger partial charge in [-0.1, -0.05) is 0 Å². The normalized spacial score (nSPS) is 12.4. The summed E-state index contributed by atoms with van der Waals surface area (Å²) in [5.74, 6) is 0.118. The second-order valence-corrected chi connectivity index (χ2v) is 11.2. The molecule has 0 fully saturated rings. The lowest BCUT2D eigenvalue weighted by atomic mass is 10.1. The van der Waals surface area contributed by atoms with Gasteiger partial charge in [-0.2, -0.15) is 0 Å². The number of sulfonamides is 2. The van der Waals surface area contributed by atoms with Crippen LogP contribution in [0.3, 0.4) is 0 Å². The van der Waals surface area contributed by atoms with Crippen molar-refractivity contribution < 1.29 is 26.4 Å². The molecule has 0 atom stereocenters. The highest BCUT2D eigenvalue weighted by Crippen LogP contribution is 2.17. The molecule has 2 aromatic carbocycles. The van der Waals surface area contributed by atoms with Crippen molar-refractivity contribution in [1.82, 2.24) is 9.44 Å². The first kappa shape index (κ1) is 24.8. The molecule has 0 heterocycles. The summed E-state index contributed by atoms with van der Waals surface area (Å²) >= 11 is 0. The third-order valence-corrected chi connectivity index (χ3v) is 7.15. The topological polar surface area (TPSA) is 131 Å². The van der Waals surface area contributed by atoms with Gasteiger partial charge in [-0.05, 0) is 69.3 Å². The molecule has 0 bridgehead atoms. The van der Waals surface area contributed by atoms with Crippen LogP contribution in [0.5, 0.6) is 5.75 Å². The van der Waals surface area contributed by atoms with E-state index in [1.165, 1.54) is 55.6 Å². The van der Waals surface area contributed by atoms with Gasteiger partial charge in [0.25, 0.3) is 0 Å². The molecule has 170 valence electrons. The zero-order valence-electron chi connectivity index (χ0n) is 17.8. The largest absolute Gasteiger partial charge is 0.497 e. The Morgan fingerprint density at radius 1 is 0.871 bits per heavy atom. The van der Waals surface area contributed by atoms with Gasteiger partial charge in [0.1, 0.15) is 5.75 Å². The highest BCUT2D eigenvalue weighted by molar-refractivity contribution is 7.89. The number of benzene rings is 2. The highest BCUT2D eigenvalue weighted by atomic mass is 32.2. The lowest BCUT2D eigenvalue weighted by Crippen LogP contribution is -2.40. The van der Waals surface area contributed by atoms with Crippen LogP contribution >= 0.6 is 0 Å². The number of methoxy groups -OCH3 is 1. The summed E-state index contributed by atoms with van der Waals surface area (Å²) < 4.78 is 59.0. The Hall–Kier alpha value is -2.47. The quantitative estimate of drug-likeness (QED) is 0.515. The second kappa shape index (κ2) is 9.77. The monoisotopic (exact) mass is 469 g/mol. The van der Waals surface area contributed by atoms with E-state index >= 15 is 0 Å². The molecule has 1 amide bonds. The van der Waals surface area contributed by atoms with E-state index in [0.717, 1.165) is 0 Å². The molecule has 0 aliphatic rings. The Morgan fingerprint density at radius 2 is 1.39 bits per heavy atom. The van der Waals surface area contributed by atoms with Crippen molar-refractivity contribution in [3.05, 3.63) is 48.5 Å². The van der Waals surface area contributed by atoms with Crippen LogP contribution in [0.4, 0.5) is 5.69 Å². The lowest BCUT2D eigenvalue weighted by molar-refractivity contribution is -0.116. The maximum Gasteiger partial charge on any atom is 0.241 e. The fraction of sp³-hybridized carbons (Fsp3) is 0.350. The van der Waals surface area contributed by atoms with E-state index in [1.807, 2.05) is 0 Å². The molecule has 0 aliphatic carbocycles. The van der Waals surface area contributed by atoms with Gasteiger partial charge in [-0.25, -0.2) is 26.3 Å². The van der Waals surface area contributed by atoms with Crippen molar-refractivity contribution in [3.8, 4) is 5.75 Å². The first-order chi connectivity index (χ1) is 14.3. The molecule has 0 aromatic heterocycles. The average molecular weight is 470 g/mol. The fourth-order valence-corrected chi connectivity index (χ4v) is 4.99. The average Bonchev–Trinajstić information content (AvgIpc) is 2.66. The van der Waals surface area contributed by atoms with Crippen molar-refractivity contribution >= 4 is 31.6 Å². The summed E-state index contributed by atoms with van der Waals surface area (Å²) in [5.41, 5.74) is -0.219. The van der Waals surface area contributed by atoms with Crippen molar-refractivity contribution in [3.63, 3.8) is 0 Å². The van der Waals surface area contributed by atoms with E-state index in [9.17, 15) is 21.6 Å². The summed E-state index contributed by atoms with van der Waals surface area (Å²) in [6.07, 6.45) is -0.0962. The Bertz CT molecular complexity index is 1110. The smallest absolute Gasteiger partial charge is 0.241 e. The molecule has 0 radical (unpaired) electrons. The van der Waals surface area contributed by atoms with Crippen molar-refractivity contribution in [2.45, 2.75) is 42.5 Å². The number of ether oxygens (including phenoxy) is 1. The molecular formula is C20H27N3O6S2. The van der Waals surface area contributed by atoms with Crippen LogP contribution < -0.4 is 19.5 Å². The molecule has 0 spiro atoms. The number of hydrogen-bond acceptors (Lipinski definition) is 6. The number of rotatable bonds is 9. The SMILES string of the molecule is COc1ccc(S(=O)(=O)NCCC(=O)Nc2ccc(S(=O)(=O)NC(C)(C)C)cc2)cc1. The molecule has 0 saturated heterocycles. The van der Waals surface area contributed by atoms with Crippen LogP contribution in [0.1, 0.15) is 27.2 Å². The number of carbonyl (C=O) groups excluding carboxylic acids is 1. The first-order valence-electron chi connectivity index (χ1n) is 9.40. The maximum absolute atomic E-state index is 12.3. The molecule has 2 aromatic rings. The van der Waals surface area contributed by atoms with E-state index in [-0.39, 0.29) is 22.8 Å². The van der Waals surface area contributed by atoms with E-state index in [4.69, 9.17) is 4.74 Å². The molecule has 0 saturated carbocycles. The van der Waals surface area contributed by atoms with Gasteiger partial charge in [0.2, 0.25) is 26.0 Å². The summed E-state index contributed by atoms with van der Waals surface area (Å²) in [6, 6.07) is 11.6. The molecule has 31 heavy (non-hydrogen) atoms. The Morgan fingerprint density at radius 3 is 1.90 bits per heavy atom. The van der Waals surface area contributed by atoms with E-state index in [1.54, 1.807) is 20.8 Å². The van der Waals surface area contributed by atoms with E-state index < -0.39 is 31.5 Å². The lowest BCUT2D eigenvalue weighted by Gasteiger charge is -2.20. The van der Waals surface area contributed by atoms with Gasteiger partial charge in [-0.15, -0.1) is 0 Å². The summed E-state index contributed by atoms with van der Waals surface area (Å²) in [5, 5.41) is 2.60. The predicted octanol–water partition coefficient (Wildman–Crippen LogP) is 2.08. The van der Waals surface area contributed by atoms with Crippen molar-refractivity contribution in [1.29, 1.82) is 0 Å².